The molecule has 0 fully saturated rings. The summed E-state index contributed by atoms with van der Waals surface area (Å²) in [6.45, 7) is 3.25. The first kappa shape index (κ1) is 19.6. The van der Waals surface area contributed by atoms with Crippen LogP contribution < -0.4 is 10.6 Å². The lowest BCUT2D eigenvalue weighted by atomic mass is 10.1. The number of nitrogens with one attached hydrogen (secondary N) is 2. The lowest BCUT2D eigenvalue weighted by Crippen LogP contribution is -2.31. The third kappa shape index (κ3) is 4.49. The summed E-state index contributed by atoms with van der Waals surface area (Å²) in [6, 6.07) is 21.7. The molecule has 30 heavy (non-hydrogen) atoms. The van der Waals surface area contributed by atoms with Gasteiger partial charge < -0.3 is 15.2 Å². The SMILES string of the molecule is CCc1ccccc1NC(=O)NCCc1nc2cccnc2n1Cc1ccccc1. The minimum atomic E-state index is -0.209. The molecule has 2 heterocycles. The van der Waals surface area contributed by atoms with E-state index in [1.165, 1.54) is 5.56 Å². The van der Waals surface area contributed by atoms with E-state index in [1.807, 2.05) is 54.6 Å². The van der Waals surface area contributed by atoms with Crippen LogP contribution in [-0.4, -0.2) is 27.1 Å². The molecule has 4 rings (SSSR count). The van der Waals surface area contributed by atoms with Gasteiger partial charge in [0.25, 0.3) is 0 Å². The minimum Gasteiger partial charge on any atom is -0.337 e. The van der Waals surface area contributed by atoms with Gasteiger partial charge in [0, 0.05) is 24.8 Å². The Morgan fingerprint density at radius 1 is 1.00 bits per heavy atom. The van der Waals surface area contributed by atoms with Crippen LogP contribution in [0.2, 0.25) is 0 Å². The Labute approximate surface area is 176 Å². The molecule has 0 atom stereocenters. The van der Waals surface area contributed by atoms with Crippen LogP contribution in [0.4, 0.5) is 10.5 Å². The second kappa shape index (κ2) is 9.22. The predicted octanol–water partition coefficient (Wildman–Crippen LogP) is 4.41. The Bertz CT molecular complexity index is 1140. The Hall–Kier alpha value is -3.67. The molecule has 2 amide bonds. The molecule has 2 aromatic carbocycles. The van der Waals surface area contributed by atoms with Crippen molar-refractivity contribution in [1.29, 1.82) is 0 Å². The second-order valence-corrected chi connectivity index (χ2v) is 7.09. The lowest BCUT2D eigenvalue weighted by Gasteiger charge is -2.12. The molecule has 0 bridgehead atoms. The van der Waals surface area contributed by atoms with Crippen LogP contribution in [0.1, 0.15) is 23.9 Å². The van der Waals surface area contributed by atoms with Crippen LogP contribution >= 0.6 is 0 Å². The molecule has 0 unspecified atom stereocenters. The monoisotopic (exact) mass is 399 g/mol. The molecular weight excluding hydrogens is 374 g/mol. The summed E-state index contributed by atoms with van der Waals surface area (Å²) in [5, 5.41) is 5.88. The highest BCUT2D eigenvalue weighted by Crippen LogP contribution is 2.17. The van der Waals surface area contributed by atoms with Crippen LogP contribution in [-0.2, 0) is 19.4 Å². The van der Waals surface area contributed by atoms with Crippen molar-refractivity contribution >= 4 is 22.9 Å². The van der Waals surface area contributed by atoms with Gasteiger partial charge in [0.1, 0.15) is 11.3 Å². The molecule has 0 saturated carbocycles. The quantitative estimate of drug-likeness (QED) is 0.484. The van der Waals surface area contributed by atoms with Crippen LogP contribution in [0, 0.1) is 0 Å². The maximum absolute atomic E-state index is 12.4. The summed E-state index contributed by atoms with van der Waals surface area (Å²) in [4.78, 5) is 21.6. The highest BCUT2D eigenvalue weighted by atomic mass is 16.2. The van der Waals surface area contributed by atoms with Gasteiger partial charge in [-0.25, -0.2) is 14.8 Å². The first-order chi connectivity index (χ1) is 14.7. The third-order valence-electron chi connectivity index (χ3n) is 5.05. The number of urea groups is 1. The number of para-hydroxylation sites is 1. The second-order valence-electron chi connectivity index (χ2n) is 7.09. The van der Waals surface area contributed by atoms with Crippen molar-refractivity contribution in [2.75, 3.05) is 11.9 Å². The fourth-order valence-corrected chi connectivity index (χ4v) is 3.53. The van der Waals surface area contributed by atoms with Gasteiger partial charge in [0.05, 0.1) is 6.54 Å². The number of anilines is 1. The molecule has 0 aliphatic heterocycles. The van der Waals surface area contributed by atoms with Gasteiger partial charge in [-0.15, -0.1) is 0 Å². The average Bonchev–Trinajstić information content (AvgIpc) is 3.12. The Kier molecular flexibility index (Phi) is 6.03. The summed E-state index contributed by atoms with van der Waals surface area (Å²) < 4.78 is 2.12. The molecule has 0 spiro atoms. The minimum absolute atomic E-state index is 0.209. The summed E-state index contributed by atoms with van der Waals surface area (Å²) in [5.74, 6) is 0.904. The van der Waals surface area contributed by atoms with Gasteiger partial charge >= 0.3 is 6.03 Å². The van der Waals surface area contributed by atoms with Crippen molar-refractivity contribution in [1.82, 2.24) is 19.9 Å². The molecule has 152 valence electrons. The van der Waals surface area contributed by atoms with Crippen molar-refractivity contribution in [2.24, 2.45) is 0 Å². The normalized spacial score (nSPS) is 10.8. The van der Waals surface area contributed by atoms with E-state index in [-0.39, 0.29) is 6.03 Å². The standard InChI is InChI=1S/C24H25N5O/c1-2-19-11-6-7-12-20(19)28-24(30)26-16-14-22-27-21-13-8-15-25-23(21)29(22)17-18-9-4-3-5-10-18/h3-13,15H,2,14,16-17H2,1H3,(H2,26,28,30). The number of carbonyl (C=O) groups is 1. The fourth-order valence-electron chi connectivity index (χ4n) is 3.53. The number of fused-ring (bicyclic) bond motifs is 1. The summed E-state index contributed by atoms with van der Waals surface area (Å²) in [7, 11) is 0. The van der Waals surface area contributed by atoms with Gasteiger partial charge in [-0.3, -0.25) is 0 Å². The van der Waals surface area contributed by atoms with Gasteiger partial charge in [-0.2, -0.15) is 0 Å². The predicted molar refractivity (Wildman–Crippen MR) is 120 cm³/mol. The molecule has 0 saturated heterocycles. The summed E-state index contributed by atoms with van der Waals surface area (Å²) in [6.07, 6.45) is 3.27. The zero-order chi connectivity index (χ0) is 20.8. The van der Waals surface area contributed by atoms with Crippen molar-refractivity contribution in [2.45, 2.75) is 26.3 Å². The van der Waals surface area contributed by atoms with Crippen LogP contribution in [0.15, 0.2) is 72.9 Å². The molecule has 6 heteroatoms. The molecule has 4 aromatic rings. The number of amides is 2. The van der Waals surface area contributed by atoms with Gasteiger partial charge in [0.15, 0.2) is 5.65 Å². The zero-order valence-electron chi connectivity index (χ0n) is 17.0. The maximum Gasteiger partial charge on any atom is 0.319 e. The first-order valence-electron chi connectivity index (χ1n) is 10.2. The van der Waals surface area contributed by atoms with Crippen molar-refractivity contribution in [3.63, 3.8) is 0 Å². The number of aryl methyl sites for hydroxylation is 1. The number of aromatic nitrogens is 3. The van der Waals surface area contributed by atoms with E-state index in [4.69, 9.17) is 4.98 Å². The smallest absolute Gasteiger partial charge is 0.319 e. The topological polar surface area (TPSA) is 71.8 Å². The number of hydrogen-bond acceptors (Lipinski definition) is 3. The van der Waals surface area contributed by atoms with Gasteiger partial charge in [-0.1, -0.05) is 55.5 Å². The number of rotatable bonds is 7. The average molecular weight is 399 g/mol. The van der Waals surface area contributed by atoms with Crippen molar-refractivity contribution in [3.8, 4) is 0 Å². The van der Waals surface area contributed by atoms with E-state index in [9.17, 15) is 4.79 Å². The molecule has 6 nitrogen and oxygen atoms in total. The molecule has 2 aromatic heterocycles. The number of benzene rings is 2. The highest BCUT2D eigenvalue weighted by molar-refractivity contribution is 5.90. The van der Waals surface area contributed by atoms with Crippen LogP contribution in [0.25, 0.3) is 11.2 Å². The number of hydrogen-bond donors (Lipinski definition) is 2. The Balaban J connectivity index is 1.45. The summed E-state index contributed by atoms with van der Waals surface area (Å²) in [5.41, 5.74) is 4.87. The number of nitrogens with zero attached hydrogens (tertiary/aromatic N) is 3. The third-order valence-corrected chi connectivity index (χ3v) is 5.05. The zero-order valence-corrected chi connectivity index (χ0v) is 17.0. The van der Waals surface area contributed by atoms with Crippen molar-refractivity contribution in [3.05, 3.63) is 89.9 Å². The fraction of sp³-hybridized carbons (Fsp3) is 0.208. The van der Waals surface area contributed by atoms with E-state index in [2.05, 4.69) is 39.2 Å². The number of pyridine rings is 1. The Morgan fingerprint density at radius 2 is 1.80 bits per heavy atom. The lowest BCUT2D eigenvalue weighted by molar-refractivity contribution is 0.252. The highest BCUT2D eigenvalue weighted by Gasteiger charge is 2.12. The van der Waals surface area contributed by atoms with E-state index in [0.29, 0.717) is 19.5 Å². The number of imidazole rings is 1. The van der Waals surface area contributed by atoms with E-state index in [0.717, 1.165) is 34.7 Å². The molecule has 2 N–H and O–H groups in total. The molecular formula is C24H25N5O. The van der Waals surface area contributed by atoms with Gasteiger partial charge in [0.2, 0.25) is 0 Å². The Morgan fingerprint density at radius 3 is 2.63 bits per heavy atom. The van der Waals surface area contributed by atoms with Crippen molar-refractivity contribution < 1.29 is 4.79 Å². The molecule has 0 aliphatic rings. The van der Waals surface area contributed by atoms with E-state index in [1.54, 1.807) is 6.20 Å². The largest absolute Gasteiger partial charge is 0.337 e. The van der Waals surface area contributed by atoms with Crippen LogP contribution in [0.5, 0.6) is 0 Å². The molecule has 0 aliphatic carbocycles. The van der Waals surface area contributed by atoms with Crippen LogP contribution in [0.3, 0.4) is 0 Å². The van der Waals surface area contributed by atoms with Gasteiger partial charge in [-0.05, 0) is 35.7 Å². The maximum atomic E-state index is 12.4. The first-order valence-corrected chi connectivity index (χ1v) is 10.2. The van der Waals surface area contributed by atoms with E-state index < -0.39 is 0 Å². The molecule has 0 radical (unpaired) electrons. The number of carbonyl (C=O) groups excluding carboxylic acids is 1. The summed E-state index contributed by atoms with van der Waals surface area (Å²) >= 11 is 0. The van der Waals surface area contributed by atoms with E-state index >= 15 is 0 Å².